The van der Waals surface area contributed by atoms with Crippen molar-refractivity contribution < 1.29 is 0 Å². The lowest BCUT2D eigenvalue weighted by Crippen LogP contribution is -1.92. The van der Waals surface area contributed by atoms with Gasteiger partial charge in [0.15, 0.2) is 0 Å². The molecule has 0 bridgehead atoms. The summed E-state index contributed by atoms with van der Waals surface area (Å²) < 4.78 is 0. The van der Waals surface area contributed by atoms with Gasteiger partial charge < -0.3 is 5.73 Å². The van der Waals surface area contributed by atoms with Crippen LogP contribution in [0.25, 0.3) is 0 Å². The molecule has 2 heteroatoms. The smallest absolute Gasteiger partial charge is 0.0533 e. The van der Waals surface area contributed by atoms with Crippen LogP contribution in [0.2, 0.25) is 0 Å². The minimum absolute atomic E-state index is 0.729. The lowest BCUT2D eigenvalue weighted by Gasteiger charge is -1.97. The van der Waals surface area contributed by atoms with E-state index in [1.165, 1.54) is 0 Å². The van der Waals surface area contributed by atoms with E-state index in [0.29, 0.717) is 0 Å². The zero-order chi connectivity index (χ0) is 6.69. The average molecular weight is 121 g/mol. The topological polar surface area (TPSA) is 38.9 Å². The Morgan fingerprint density at radius 2 is 2.44 bits per heavy atom. The molecule has 0 fully saturated rings. The van der Waals surface area contributed by atoms with Gasteiger partial charge in [-0.3, -0.25) is 4.98 Å². The van der Waals surface area contributed by atoms with Crippen molar-refractivity contribution in [2.45, 2.75) is 6.42 Å². The lowest BCUT2D eigenvalue weighted by molar-refractivity contribution is 1.22. The first kappa shape index (κ1) is 6.08. The SMILES string of the molecule is [CH2]Cc1ccncc1N. The fourth-order valence-corrected chi connectivity index (χ4v) is 0.663. The minimum atomic E-state index is 0.729. The molecule has 0 saturated carbocycles. The van der Waals surface area contributed by atoms with Crippen molar-refractivity contribution in [1.82, 2.24) is 4.98 Å². The van der Waals surface area contributed by atoms with E-state index in [1.807, 2.05) is 6.07 Å². The molecule has 0 aromatic carbocycles. The molecule has 1 radical (unpaired) electrons. The number of nitrogens with zero attached hydrogens (tertiary/aromatic N) is 1. The first-order valence-corrected chi connectivity index (χ1v) is 2.82. The molecule has 1 heterocycles. The maximum atomic E-state index is 5.53. The van der Waals surface area contributed by atoms with Crippen molar-refractivity contribution in [3.8, 4) is 0 Å². The van der Waals surface area contributed by atoms with Gasteiger partial charge in [0, 0.05) is 6.20 Å². The van der Waals surface area contributed by atoms with Gasteiger partial charge in [-0.05, 0) is 25.0 Å². The van der Waals surface area contributed by atoms with Crippen LogP contribution in [-0.2, 0) is 6.42 Å². The Labute approximate surface area is 54.7 Å². The monoisotopic (exact) mass is 121 g/mol. The summed E-state index contributed by atoms with van der Waals surface area (Å²) >= 11 is 0. The number of aromatic nitrogens is 1. The van der Waals surface area contributed by atoms with Crippen molar-refractivity contribution in [1.29, 1.82) is 0 Å². The highest BCUT2D eigenvalue weighted by Crippen LogP contribution is 2.07. The Balaban J connectivity index is 3.01. The van der Waals surface area contributed by atoms with Gasteiger partial charge in [0.2, 0.25) is 0 Å². The molecule has 47 valence electrons. The molecule has 9 heavy (non-hydrogen) atoms. The predicted molar refractivity (Wildman–Crippen MR) is 37.7 cm³/mol. The number of pyridine rings is 1. The van der Waals surface area contributed by atoms with Crippen LogP contribution in [0.1, 0.15) is 5.56 Å². The molecular weight excluding hydrogens is 112 g/mol. The molecule has 0 unspecified atom stereocenters. The molecule has 2 N–H and O–H groups in total. The Bertz CT molecular complexity index is 196. The van der Waals surface area contributed by atoms with E-state index in [0.717, 1.165) is 17.7 Å². The number of hydrogen-bond donors (Lipinski definition) is 1. The van der Waals surface area contributed by atoms with E-state index in [2.05, 4.69) is 11.9 Å². The maximum absolute atomic E-state index is 5.53. The van der Waals surface area contributed by atoms with Crippen molar-refractivity contribution in [2.24, 2.45) is 0 Å². The third-order valence-electron chi connectivity index (χ3n) is 1.22. The zero-order valence-electron chi connectivity index (χ0n) is 5.17. The first-order valence-electron chi connectivity index (χ1n) is 2.82. The summed E-state index contributed by atoms with van der Waals surface area (Å²) in [5.41, 5.74) is 7.32. The molecule has 0 aliphatic carbocycles. The van der Waals surface area contributed by atoms with Gasteiger partial charge in [0.25, 0.3) is 0 Å². The van der Waals surface area contributed by atoms with Gasteiger partial charge in [0.1, 0.15) is 0 Å². The summed E-state index contributed by atoms with van der Waals surface area (Å²) in [6.45, 7) is 3.71. The Kier molecular flexibility index (Phi) is 1.68. The minimum Gasteiger partial charge on any atom is -0.397 e. The molecule has 0 atom stereocenters. The Morgan fingerprint density at radius 1 is 1.67 bits per heavy atom. The van der Waals surface area contributed by atoms with Crippen LogP contribution in [-0.4, -0.2) is 4.98 Å². The van der Waals surface area contributed by atoms with Crippen LogP contribution in [0.15, 0.2) is 18.5 Å². The molecule has 0 spiro atoms. The van der Waals surface area contributed by atoms with Crippen LogP contribution in [0.4, 0.5) is 5.69 Å². The van der Waals surface area contributed by atoms with E-state index in [4.69, 9.17) is 5.73 Å². The summed E-state index contributed by atoms with van der Waals surface area (Å²) in [7, 11) is 0. The maximum Gasteiger partial charge on any atom is 0.0533 e. The quantitative estimate of drug-likeness (QED) is 0.603. The fraction of sp³-hybridized carbons (Fsp3) is 0.143. The van der Waals surface area contributed by atoms with Crippen molar-refractivity contribution >= 4 is 5.69 Å². The lowest BCUT2D eigenvalue weighted by atomic mass is 10.2. The largest absolute Gasteiger partial charge is 0.397 e. The van der Waals surface area contributed by atoms with E-state index in [-0.39, 0.29) is 0 Å². The molecular formula is C7H9N2. The first-order chi connectivity index (χ1) is 4.34. The van der Waals surface area contributed by atoms with Gasteiger partial charge in [-0.25, -0.2) is 0 Å². The Hall–Kier alpha value is -1.05. The predicted octanol–water partition coefficient (Wildman–Crippen LogP) is 1.04. The van der Waals surface area contributed by atoms with Crippen molar-refractivity contribution in [2.75, 3.05) is 5.73 Å². The molecule has 0 aliphatic heterocycles. The van der Waals surface area contributed by atoms with Crippen LogP contribution in [0, 0.1) is 6.92 Å². The summed E-state index contributed by atoms with van der Waals surface area (Å²) in [6, 6.07) is 1.88. The zero-order valence-corrected chi connectivity index (χ0v) is 5.17. The average Bonchev–Trinajstić information content (AvgIpc) is 1.89. The fourth-order valence-electron chi connectivity index (χ4n) is 0.663. The highest BCUT2D eigenvalue weighted by Gasteiger charge is 1.91. The molecule has 1 aromatic rings. The molecule has 1 rings (SSSR count). The third-order valence-corrected chi connectivity index (χ3v) is 1.22. The van der Waals surface area contributed by atoms with Gasteiger partial charge in [-0.1, -0.05) is 0 Å². The van der Waals surface area contributed by atoms with Gasteiger partial charge in [-0.15, -0.1) is 0 Å². The summed E-state index contributed by atoms with van der Waals surface area (Å²) in [4.78, 5) is 3.84. The number of rotatable bonds is 1. The highest BCUT2D eigenvalue weighted by molar-refractivity contribution is 5.43. The number of hydrogen-bond acceptors (Lipinski definition) is 2. The van der Waals surface area contributed by atoms with Crippen LogP contribution >= 0.6 is 0 Å². The van der Waals surface area contributed by atoms with Crippen molar-refractivity contribution in [3.05, 3.63) is 30.9 Å². The number of nitrogens with two attached hydrogens (primary N) is 1. The van der Waals surface area contributed by atoms with E-state index >= 15 is 0 Å². The van der Waals surface area contributed by atoms with Gasteiger partial charge in [-0.2, -0.15) is 0 Å². The molecule has 0 amide bonds. The highest BCUT2D eigenvalue weighted by atomic mass is 14.7. The van der Waals surface area contributed by atoms with Gasteiger partial charge >= 0.3 is 0 Å². The third kappa shape index (κ3) is 1.19. The Morgan fingerprint density at radius 3 is 2.89 bits per heavy atom. The number of nitrogen functional groups attached to an aromatic ring is 1. The summed E-state index contributed by atoms with van der Waals surface area (Å²) in [5.74, 6) is 0. The van der Waals surface area contributed by atoms with Crippen molar-refractivity contribution in [3.63, 3.8) is 0 Å². The van der Waals surface area contributed by atoms with Crippen LogP contribution in [0.3, 0.4) is 0 Å². The molecule has 0 aliphatic rings. The van der Waals surface area contributed by atoms with E-state index < -0.39 is 0 Å². The van der Waals surface area contributed by atoms with E-state index in [9.17, 15) is 0 Å². The summed E-state index contributed by atoms with van der Waals surface area (Å²) in [6.07, 6.45) is 4.09. The number of anilines is 1. The van der Waals surface area contributed by atoms with Gasteiger partial charge in [0.05, 0.1) is 11.9 Å². The molecule has 0 saturated heterocycles. The van der Waals surface area contributed by atoms with Crippen LogP contribution in [0.5, 0.6) is 0 Å². The normalized spacial score (nSPS) is 9.44. The van der Waals surface area contributed by atoms with Crippen LogP contribution < -0.4 is 5.73 Å². The second-order valence-corrected chi connectivity index (χ2v) is 1.82. The second kappa shape index (κ2) is 2.49. The standard InChI is InChI=1S/C7H9N2/c1-2-6-3-4-9-5-7(6)8/h3-5H,1-2,8H2. The second-order valence-electron chi connectivity index (χ2n) is 1.82. The van der Waals surface area contributed by atoms with E-state index in [1.54, 1.807) is 12.4 Å². The molecule has 1 aromatic heterocycles. The summed E-state index contributed by atoms with van der Waals surface area (Å²) in [5, 5.41) is 0. The molecule has 2 nitrogen and oxygen atoms in total.